The Bertz CT molecular complexity index is 1070. The summed E-state index contributed by atoms with van der Waals surface area (Å²) in [6.07, 6.45) is 4.49. The molecule has 0 bridgehead atoms. The first-order chi connectivity index (χ1) is 15.4. The van der Waals surface area contributed by atoms with Crippen LogP contribution in [0.4, 0.5) is 11.4 Å². The molecule has 1 aliphatic rings. The summed E-state index contributed by atoms with van der Waals surface area (Å²) >= 11 is 0. The van der Waals surface area contributed by atoms with Gasteiger partial charge in [0.25, 0.3) is 0 Å². The van der Waals surface area contributed by atoms with Crippen LogP contribution in [0.15, 0.2) is 42.5 Å². The second kappa shape index (κ2) is 10.2. The molecule has 2 N–H and O–H groups in total. The van der Waals surface area contributed by atoms with E-state index in [1.807, 2.05) is 19.1 Å². The molecule has 1 saturated heterocycles. The largest absolute Gasteiger partial charge is 0.370 e. The van der Waals surface area contributed by atoms with E-state index in [9.17, 15) is 13.2 Å². The number of rotatable bonds is 7. The molecule has 1 aliphatic heterocycles. The van der Waals surface area contributed by atoms with Gasteiger partial charge in [0.05, 0.1) is 23.5 Å². The van der Waals surface area contributed by atoms with E-state index < -0.39 is 10.0 Å². The second-order valence-corrected chi connectivity index (χ2v) is 11.8. The molecule has 1 unspecified atom stereocenters. The minimum Gasteiger partial charge on any atom is -0.370 e. The zero-order valence-electron chi connectivity index (χ0n) is 20.4. The summed E-state index contributed by atoms with van der Waals surface area (Å²) in [5.41, 5.74) is 4.70. The Morgan fingerprint density at radius 1 is 1.03 bits per heavy atom. The Hall–Kier alpha value is -2.54. The molecule has 1 fully saturated rings. The van der Waals surface area contributed by atoms with Crippen LogP contribution in [-0.2, 0) is 26.8 Å². The number of hydrogen-bond donors (Lipinski definition) is 2. The number of piperidine rings is 1. The van der Waals surface area contributed by atoms with Crippen LogP contribution >= 0.6 is 0 Å². The van der Waals surface area contributed by atoms with E-state index in [4.69, 9.17) is 0 Å². The molecule has 0 spiro atoms. The van der Waals surface area contributed by atoms with Crippen molar-refractivity contribution in [3.05, 3.63) is 59.2 Å². The number of sulfonamides is 1. The predicted molar refractivity (Wildman–Crippen MR) is 136 cm³/mol. The quantitative estimate of drug-likeness (QED) is 0.610. The molecule has 1 amide bonds. The molecule has 180 valence electrons. The van der Waals surface area contributed by atoms with Gasteiger partial charge in [-0.2, -0.15) is 0 Å². The molecule has 33 heavy (non-hydrogen) atoms. The summed E-state index contributed by atoms with van der Waals surface area (Å²) in [4.78, 5) is 15.1. The number of hydrogen-bond acceptors (Lipinski definition) is 4. The highest BCUT2D eigenvalue weighted by atomic mass is 32.2. The minimum absolute atomic E-state index is 0.0525. The predicted octanol–water partition coefficient (Wildman–Crippen LogP) is 4.77. The third-order valence-corrected chi connectivity index (χ3v) is 6.78. The second-order valence-electron chi connectivity index (χ2n) is 10.1. The van der Waals surface area contributed by atoms with E-state index in [2.05, 4.69) is 60.0 Å². The Balaban J connectivity index is 1.73. The average Bonchev–Trinajstić information content (AvgIpc) is 2.76. The minimum atomic E-state index is -3.40. The summed E-state index contributed by atoms with van der Waals surface area (Å²) in [7, 11) is -3.40. The summed E-state index contributed by atoms with van der Waals surface area (Å²) in [5, 5.41) is 3.04. The monoisotopic (exact) mass is 471 g/mol. The standard InChI is InChI=1S/C26H37N3O3S/c1-19(25(30)27-18-20-9-12-22(13-10-20)26(2,3)4)21-11-14-23(28-33(5,31)32)24(17-21)29-15-7-6-8-16-29/h9-14,17,19,28H,6-8,15-16,18H2,1-5H3,(H,27,30). The highest BCUT2D eigenvalue weighted by molar-refractivity contribution is 7.92. The Kier molecular flexibility index (Phi) is 7.73. The van der Waals surface area contributed by atoms with E-state index in [-0.39, 0.29) is 17.2 Å². The van der Waals surface area contributed by atoms with Gasteiger partial charge >= 0.3 is 0 Å². The van der Waals surface area contributed by atoms with Crippen molar-refractivity contribution in [1.82, 2.24) is 5.32 Å². The fourth-order valence-corrected chi connectivity index (χ4v) is 4.69. The molecular weight excluding hydrogens is 434 g/mol. The van der Waals surface area contributed by atoms with Gasteiger partial charge in [-0.25, -0.2) is 8.42 Å². The van der Waals surface area contributed by atoms with Crippen molar-refractivity contribution in [2.45, 2.75) is 64.8 Å². The zero-order valence-corrected chi connectivity index (χ0v) is 21.3. The number of carbonyl (C=O) groups excluding carboxylic acids is 1. The highest BCUT2D eigenvalue weighted by Crippen LogP contribution is 2.33. The molecule has 6 nitrogen and oxygen atoms in total. The SMILES string of the molecule is CC(C(=O)NCc1ccc(C(C)(C)C)cc1)c1ccc(NS(C)(=O)=O)c(N2CCCCC2)c1. The third kappa shape index (κ3) is 6.97. The van der Waals surface area contributed by atoms with Gasteiger partial charge in [-0.1, -0.05) is 51.1 Å². The Morgan fingerprint density at radius 3 is 2.24 bits per heavy atom. The van der Waals surface area contributed by atoms with Crippen LogP contribution in [0.3, 0.4) is 0 Å². The van der Waals surface area contributed by atoms with Crippen molar-refractivity contribution in [3.8, 4) is 0 Å². The van der Waals surface area contributed by atoms with Crippen molar-refractivity contribution < 1.29 is 13.2 Å². The van der Waals surface area contributed by atoms with Crippen molar-refractivity contribution >= 4 is 27.3 Å². The molecule has 7 heteroatoms. The van der Waals surface area contributed by atoms with Crippen LogP contribution < -0.4 is 14.9 Å². The molecule has 2 aromatic rings. The van der Waals surface area contributed by atoms with Gasteiger partial charge in [0.2, 0.25) is 15.9 Å². The van der Waals surface area contributed by atoms with Gasteiger partial charge in [0, 0.05) is 19.6 Å². The molecule has 0 aromatic heterocycles. The average molecular weight is 472 g/mol. The molecular formula is C26H37N3O3S. The van der Waals surface area contributed by atoms with Crippen LogP contribution in [0.2, 0.25) is 0 Å². The summed E-state index contributed by atoms with van der Waals surface area (Å²) in [5.74, 6) is -0.405. The highest BCUT2D eigenvalue weighted by Gasteiger charge is 2.21. The molecule has 3 rings (SSSR count). The Morgan fingerprint density at radius 2 is 1.67 bits per heavy atom. The summed E-state index contributed by atoms with van der Waals surface area (Å²) in [6, 6.07) is 13.9. The number of benzene rings is 2. The smallest absolute Gasteiger partial charge is 0.229 e. The number of amides is 1. The topological polar surface area (TPSA) is 78.5 Å². The van der Waals surface area contributed by atoms with E-state index in [1.165, 1.54) is 12.0 Å². The van der Waals surface area contributed by atoms with Crippen molar-refractivity contribution in [3.63, 3.8) is 0 Å². The van der Waals surface area contributed by atoms with Crippen LogP contribution in [0.25, 0.3) is 0 Å². The summed E-state index contributed by atoms with van der Waals surface area (Å²) < 4.78 is 26.4. The third-order valence-electron chi connectivity index (χ3n) is 6.19. The number of anilines is 2. The lowest BCUT2D eigenvalue weighted by Gasteiger charge is -2.31. The van der Waals surface area contributed by atoms with E-state index >= 15 is 0 Å². The van der Waals surface area contributed by atoms with Gasteiger partial charge < -0.3 is 10.2 Å². The normalized spacial score (nSPS) is 15.7. The van der Waals surface area contributed by atoms with Gasteiger partial charge in [-0.15, -0.1) is 0 Å². The first-order valence-corrected chi connectivity index (χ1v) is 13.6. The molecule has 0 aliphatic carbocycles. The maximum absolute atomic E-state index is 12.9. The Labute approximate surface area is 198 Å². The first-order valence-electron chi connectivity index (χ1n) is 11.7. The van der Waals surface area contributed by atoms with Gasteiger partial charge in [-0.3, -0.25) is 9.52 Å². The van der Waals surface area contributed by atoms with Gasteiger partial charge in [0.1, 0.15) is 0 Å². The molecule has 0 saturated carbocycles. The van der Waals surface area contributed by atoms with Crippen LogP contribution in [0.1, 0.15) is 69.6 Å². The van der Waals surface area contributed by atoms with E-state index in [0.717, 1.165) is 49.0 Å². The van der Waals surface area contributed by atoms with Crippen LogP contribution in [0.5, 0.6) is 0 Å². The zero-order chi connectivity index (χ0) is 24.2. The number of nitrogens with zero attached hydrogens (tertiary/aromatic N) is 1. The van der Waals surface area contributed by atoms with Crippen LogP contribution in [0, 0.1) is 0 Å². The molecule has 0 radical (unpaired) electrons. The first kappa shape index (κ1) is 25.1. The maximum Gasteiger partial charge on any atom is 0.229 e. The molecule has 1 heterocycles. The van der Waals surface area contributed by atoms with Crippen molar-refractivity contribution in [2.75, 3.05) is 29.0 Å². The number of carbonyl (C=O) groups is 1. The van der Waals surface area contributed by atoms with Crippen LogP contribution in [-0.4, -0.2) is 33.7 Å². The fraction of sp³-hybridized carbons (Fsp3) is 0.500. The van der Waals surface area contributed by atoms with Crippen molar-refractivity contribution in [2.24, 2.45) is 0 Å². The molecule has 2 aromatic carbocycles. The lowest BCUT2D eigenvalue weighted by molar-refractivity contribution is -0.122. The lowest BCUT2D eigenvalue weighted by atomic mass is 9.87. The van der Waals surface area contributed by atoms with E-state index in [1.54, 1.807) is 6.07 Å². The van der Waals surface area contributed by atoms with Gasteiger partial charge in [-0.05, 0) is 60.4 Å². The lowest BCUT2D eigenvalue weighted by Crippen LogP contribution is -2.31. The fourth-order valence-electron chi connectivity index (χ4n) is 4.12. The van der Waals surface area contributed by atoms with E-state index in [0.29, 0.717) is 12.2 Å². The van der Waals surface area contributed by atoms with Gasteiger partial charge in [0.15, 0.2) is 0 Å². The summed E-state index contributed by atoms with van der Waals surface area (Å²) in [6.45, 7) is 10.7. The number of nitrogens with one attached hydrogen (secondary N) is 2. The van der Waals surface area contributed by atoms with Crippen molar-refractivity contribution in [1.29, 1.82) is 0 Å². The maximum atomic E-state index is 12.9. The molecule has 1 atom stereocenters.